The van der Waals surface area contributed by atoms with Crippen molar-refractivity contribution >= 4 is 5.82 Å². The Hall–Kier alpha value is -1.16. The molecule has 0 saturated heterocycles. The van der Waals surface area contributed by atoms with Crippen LogP contribution in [0.5, 0.6) is 0 Å². The molecule has 17 heavy (non-hydrogen) atoms. The number of aryl methyl sites for hydroxylation is 1. The fourth-order valence-corrected chi connectivity index (χ4v) is 1.95. The van der Waals surface area contributed by atoms with Crippen LogP contribution in [0.4, 0.5) is 5.82 Å². The lowest BCUT2D eigenvalue weighted by Gasteiger charge is -2.20. The van der Waals surface area contributed by atoms with Gasteiger partial charge in [0.15, 0.2) is 5.82 Å². The second-order valence-electron chi connectivity index (χ2n) is 4.50. The van der Waals surface area contributed by atoms with Gasteiger partial charge in [0, 0.05) is 17.9 Å². The summed E-state index contributed by atoms with van der Waals surface area (Å²) in [5.74, 6) is 1.62. The van der Waals surface area contributed by atoms with E-state index < -0.39 is 0 Å². The van der Waals surface area contributed by atoms with E-state index >= 15 is 0 Å². The molecule has 0 fully saturated rings. The summed E-state index contributed by atoms with van der Waals surface area (Å²) < 4.78 is 5.69. The first-order valence-corrected chi connectivity index (χ1v) is 6.25. The largest absolute Gasteiger partial charge is 0.383 e. The molecule has 0 aromatic carbocycles. The number of hydrogen-bond donors (Lipinski definition) is 1. The SMILES string of the molecule is CCOC(c1nc(C)c(CC)c(N)n1)C(C)C. The molecule has 0 aliphatic carbocycles. The number of nitrogens with zero attached hydrogens (tertiary/aromatic N) is 2. The first-order valence-electron chi connectivity index (χ1n) is 6.25. The van der Waals surface area contributed by atoms with Gasteiger partial charge in [-0.15, -0.1) is 0 Å². The van der Waals surface area contributed by atoms with Gasteiger partial charge in [-0.3, -0.25) is 0 Å². The molecule has 1 aromatic heterocycles. The number of nitrogen functional groups attached to an aromatic ring is 1. The predicted octanol–water partition coefficient (Wildman–Crippen LogP) is 2.66. The van der Waals surface area contributed by atoms with Crippen molar-refractivity contribution in [2.75, 3.05) is 12.3 Å². The smallest absolute Gasteiger partial charge is 0.159 e. The Morgan fingerprint density at radius 1 is 1.24 bits per heavy atom. The molecule has 0 bridgehead atoms. The number of aromatic nitrogens is 2. The molecular weight excluding hydrogens is 214 g/mol. The van der Waals surface area contributed by atoms with Crippen molar-refractivity contribution in [2.45, 2.75) is 47.1 Å². The monoisotopic (exact) mass is 237 g/mol. The van der Waals surface area contributed by atoms with Gasteiger partial charge >= 0.3 is 0 Å². The van der Waals surface area contributed by atoms with Crippen LogP contribution in [0.1, 0.15) is 50.9 Å². The van der Waals surface area contributed by atoms with E-state index in [0.717, 1.165) is 17.7 Å². The maximum Gasteiger partial charge on any atom is 0.159 e. The van der Waals surface area contributed by atoms with Gasteiger partial charge in [0.25, 0.3) is 0 Å². The molecular formula is C13H23N3O. The van der Waals surface area contributed by atoms with Gasteiger partial charge in [0.2, 0.25) is 0 Å². The molecule has 1 atom stereocenters. The van der Waals surface area contributed by atoms with E-state index in [-0.39, 0.29) is 6.10 Å². The molecule has 0 spiro atoms. The molecule has 0 radical (unpaired) electrons. The van der Waals surface area contributed by atoms with E-state index in [9.17, 15) is 0 Å². The molecule has 0 amide bonds. The van der Waals surface area contributed by atoms with Crippen LogP contribution in [0.3, 0.4) is 0 Å². The molecule has 4 nitrogen and oxygen atoms in total. The molecule has 0 saturated carbocycles. The summed E-state index contributed by atoms with van der Waals surface area (Å²) in [6.07, 6.45) is 0.783. The molecule has 1 heterocycles. The molecule has 4 heteroatoms. The summed E-state index contributed by atoms with van der Waals surface area (Å²) in [4.78, 5) is 8.92. The van der Waals surface area contributed by atoms with E-state index in [1.807, 2.05) is 13.8 Å². The maximum atomic E-state index is 5.96. The third-order valence-electron chi connectivity index (χ3n) is 2.82. The Labute approximate surface area is 104 Å². The Morgan fingerprint density at radius 3 is 2.29 bits per heavy atom. The van der Waals surface area contributed by atoms with Crippen molar-refractivity contribution in [3.05, 3.63) is 17.1 Å². The average Bonchev–Trinajstić information content (AvgIpc) is 2.24. The highest BCUT2D eigenvalue weighted by Crippen LogP contribution is 2.25. The highest BCUT2D eigenvalue weighted by Gasteiger charge is 2.20. The van der Waals surface area contributed by atoms with Crippen LogP contribution in [-0.2, 0) is 11.2 Å². The van der Waals surface area contributed by atoms with Crippen molar-refractivity contribution in [3.63, 3.8) is 0 Å². The quantitative estimate of drug-likeness (QED) is 0.855. The predicted molar refractivity (Wildman–Crippen MR) is 69.8 cm³/mol. The van der Waals surface area contributed by atoms with Gasteiger partial charge in [-0.05, 0) is 26.2 Å². The second kappa shape index (κ2) is 5.96. The zero-order chi connectivity index (χ0) is 13.0. The van der Waals surface area contributed by atoms with Crippen molar-refractivity contribution in [1.29, 1.82) is 0 Å². The van der Waals surface area contributed by atoms with Crippen molar-refractivity contribution in [2.24, 2.45) is 5.92 Å². The minimum atomic E-state index is -0.0769. The topological polar surface area (TPSA) is 61.0 Å². The number of ether oxygens (including phenoxy) is 1. The van der Waals surface area contributed by atoms with E-state index in [2.05, 4.69) is 30.7 Å². The number of anilines is 1. The van der Waals surface area contributed by atoms with Crippen molar-refractivity contribution < 1.29 is 4.74 Å². The first kappa shape index (κ1) is 13.9. The van der Waals surface area contributed by atoms with E-state index in [1.54, 1.807) is 0 Å². The normalized spacial score (nSPS) is 13.1. The average molecular weight is 237 g/mol. The van der Waals surface area contributed by atoms with E-state index in [0.29, 0.717) is 24.2 Å². The Bertz CT molecular complexity index is 354. The van der Waals surface area contributed by atoms with Crippen LogP contribution < -0.4 is 5.73 Å². The van der Waals surface area contributed by atoms with Crippen LogP contribution in [-0.4, -0.2) is 16.6 Å². The van der Waals surface area contributed by atoms with Gasteiger partial charge in [0.1, 0.15) is 11.9 Å². The fraction of sp³-hybridized carbons (Fsp3) is 0.692. The summed E-state index contributed by atoms with van der Waals surface area (Å²) in [5.41, 5.74) is 7.95. The molecule has 2 N–H and O–H groups in total. The zero-order valence-electron chi connectivity index (χ0n) is 11.4. The Balaban J connectivity index is 3.13. The Kier molecular flexibility index (Phi) is 4.87. The Morgan fingerprint density at radius 2 is 1.88 bits per heavy atom. The van der Waals surface area contributed by atoms with Crippen molar-refractivity contribution in [1.82, 2.24) is 9.97 Å². The van der Waals surface area contributed by atoms with Crippen LogP contribution in [0.2, 0.25) is 0 Å². The van der Waals surface area contributed by atoms with Gasteiger partial charge < -0.3 is 10.5 Å². The lowest BCUT2D eigenvalue weighted by Crippen LogP contribution is -2.17. The van der Waals surface area contributed by atoms with Crippen molar-refractivity contribution in [3.8, 4) is 0 Å². The van der Waals surface area contributed by atoms with E-state index in [4.69, 9.17) is 10.5 Å². The molecule has 0 aliphatic heterocycles. The number of nitrogens with two attached hydrogens (primary N) is 1. The summed E-state index contributed by atoms with van der Waals surface area (Å²) in [7, 11) is 0. The van der Waals surface area contributed by atoms with Gasteiger partial charge in [0.05, 0.1) is 0 Å². The van der Waals surface area contributed by atoms with Crippen LogP contribution in [0.25, 0.3) is 0 Å². The van der Waals surface area contributed by atoms with Crippen LogP contribution in [0.15, 0.2) is 0 Å². The minimum absolute atomic E-state index is 0.0769. The molecule has 1 unspecified atom stereocenters. The van der Waals surface area contributed by atoms with Crippen LogP contribution >= 0.6 is 0 Å². The number of rotatable bonds is 5. The minimum Gasteiger partial charge on any atom is -0.383 e. The van der Waals surface area contributed by atoms with Gasteiger partial charge in [-0.2, -0.15) is 0 Å². The highest BCUT2D eigenvalue weighted by molar-refractivity contribution is 5.42. The molecule has 0 aliphatic rings. The maximum absolute atomic E-state index is 5.96. The van der Waals surface area contributed by atoms with E-state index in [1.165, 1.54) is 0 Å². The second-order valence-corrected chi connectivity index (χ2v) is 4.50. The molecule has 1 aromatic rings. The third kappa shape index (κ3) is 3.16. The summed E-state index contributed by atoms with van der Waals surface area (Å²) in [6.45, 7) is 10.9. The van der Waals surface area contributed by atoms with Gasteiger partial charge in [-0.1, -0.05) is 20.8 Å². The van der Waals surface area contributed by atoms with Crippen LogP contribution in [0, 0.1) is 12.8 Å². The molecule has 96 valence electrons. The number of hydrogen-bond acceptors (Lipinski definition) is 4. The molecule has 1 rings (SSSR count). The summed E-state index contributed by atoms with van der Waals surface area (Å²) in [6, 6.07) is 0. The zero-order valence-corrected chi connectivity index (χ0v) is 11.4. The lowest BCUT2D eigenvalue weighted by atomic mass is 10.1. The fourth-order valence-electron chi connectivity index (χ4n) is 1.95. The van der Waals surface area contributed by atoms with Gasteiger partial charge in [-0.25, -0.2) is 9.97 Å². The summed E-state index contributed by atoms with van der Waals surface area (Å²) >= 11 is 0. The highest BCUT2D eigenvalue weighted by atomic mass is 16.5. The lowest BCUT2D eigenvalue weighted by molar-refractivity contribution is 0.0232. The summed E-state index contributed by atoms with van der Waals surface area (Å²) in [5, 5.41) is 0. The standard InChI is InChI=1S/C13H23N3O/c1-6-10-9(5)15-13(16-12(10)14)11(8(3)4)17-7-2/h8,11H,6-7H2,1-5H3,(H2,14,15,16). The first-order chi connectivity index (χ1) is 8.01. The third-order valence-corrected chi connectivity index (χ3v) is 2.82.